The van der Waals surface area contributed by atoms with Gasteiger partial charge in [-0.2, -0.15) is 4.31 Å². The van der Waals surface area contributed by atoms with Gasteiger partial charge in [-0.05, 0) is 61.4 Å². The Hall–Kier alpha value is -2.98. The SMILES string of the molecule is O=C(CNC(=O)[C@H]1CCCN(S(=O)(=O)c2ccc(F)cc2)C1)Nc1ccc(O)cc1. The van der Waals surface area contributed by atoms with E-state index in [9.17, 15) is 27.5 Å². The predicted molar refractivity (Wildman–Crippen MR) is 108 cm³/mol. The third kappa shape index (κ3) is 5.33. The van der Waals surface area contributed by atoms with Gasteiger partial charge in [-0.15, -0.1) is 0 Å². The summed E-state index contributed by atoms with van der Waals surface area (Å²) in [7, 11) is -3.83. The Kier molecular flexibility index (Phi) is 6.68. The fraction of sp³-hybridized carbons (Fsp3) is 0.300. The number of carbonyl (C=O) groups is 2. The van der Waals surface area contributed by atoms with Gasteiger partial charge in [0, 0.05) is 18.8 Å². The van der Waals surface area contributed by atoms with Crippen LogP contribution in [0.1, 0.15) is 12.8 Å². The minimum atomic E-state index is -3.83. The molecule has 0 aliphatic carbocycles. The first-order valence-corrected chi connectivity index (χ1v) is 10.8. The average Bonchev–Trinajstić information content (AvgIpc) is 2.74. The van der Waals surface area contributed by atoms with Gasteiger partial charge in [0.05, 0.1) is 17.4 Å². The number of amides is 2. The number of carbonyl (C=O) groups excluding carboxylic acids is 2. The zero-order valence-corrected chi connectivity index (χ0v) is 16.9. The molecule has 0 radical (unpaired) electrons. The first-order chi connectivity index (χ1) is 14.3. The standard InChI is InChI=1S/C20H22FN3O5S/c21-15-3-9-18(10-4-15)30(28,29)24-11-1-2-14(13-24)20(27)22-12-19(26)23-16-5-7-17(25)8-6-16/h3-10,14,25H,1-2,11-13H2,(H,22,27)(H,23,26)/t14-/m0/s1. The quantitative estimate of drug-likeness (QED) is 0.597. The molecule has 2 aromatic rings. The Bertz CT molecular complexity index is 1010. The number of halogens is 1. The normalized spacial score (nSPS) is 17.3. The van der Waals surface area contributed by atoms with Gasteiger partial charge in [-0.25, -0.2) is 12.8 Å². The van der Waals surface area contributed by atoms with Crippen molar-refractivity contribution in [1.29, 1.82) is 0 Å². The summed E-state index contributed by atoms with van der Waals surface area (Å²) < 4.78 is 39.8. The molecule has 2 amide bonds. The lowest BCUT2D eigenvalue weighted by Crippen LogP contribution is -2.46. The zero-order chi connectivity index (χ0) is 21.7. The van der Waals surface area contributed by atoms with Gasteiger partial charge >= 0.3 is 0 Å². The number of phenols is 1. The lowest BCUT2D eigenvalue weighted by atomic mass is 9.99. The van der Waals surface area contributed by atoms with E-state index in [0.717, 1.165) is 12.1 Å². The van der Waals surface area contributed by atoms with E-state index in [2.05, 4.69) is 10.6 Å². The van der Waals surface area contributed by atoms with E-state index in [1.807, 2.05) is 0 Å². The minimum absolute atomic E-state index is 0.00881. The summed E-state index contributed by atoms with van der Waals surface area (Å²) in [6.45, 7) is -0.00310. The van der Waals surface area contributed by atoms with Crippen LogP contribution in [0.2, 0.25) is 0 Å². The van der Waals surface area contributed by atoms with Crippen LogP contribution >= 0.6 is 0 Å². The molecule has 1 atom stereocenters. The molecular formula is C20H22FN3O5S. The lowest BCUT2D eigenvalue weighted by Gasteiger charge is -2.31. The van der Waals surface area contributed by atoms with E-state index in [1.165, 1.54) is 40.7 Å². The van der Waals surface area contributed by atoms with Gasteiger partial charge in [-0.1, -0.05) is 0 Å². The Balaban J connectivity index is 1.55. The summed E-state index contributed by atoms with van der Waals surface area (Å²) in [6, 6.07) is 10.4. The number of phenolic OH excluding ortho intramolecular Hbond substituents is 1. The first-order valence-electron chi connectivity index (χ1n) is 9.38. The van der Waals surface area contributed by atoms with Crippen LogP contribution in [0.5, 0.6) is 5.75 Å². The molecule has 1 heterocycles. The molecule has 0 saturated carbocycles. The summed E-state index contributed by atoms with van der Waals surface area (Å²) in [6.07, 6.45) is 0.999. The molecule has 10 heteroatoms. The molecule has 3 N–H and O–H groups in total. The monoisotopic (exact) mass is 435 g/mol. The van der Waals surface area contributed by atoms with Crippen molar-refractivity contribution in [2.45, 2.75) is 17.7 Å². The molecule has 0 bridgehead atoms. The molecule has 0 spiro atoms. The van der Waals surface area contributed by atoms with Gasteiger partial charge in [0.25, 0.3) is 0 Å². The van der Waals surface area contributed by atoms with Gasteiger partial charge < -0.3 is 15.7 Å². The summed E-state index contributed by atoms with van der Waals surface area (Å²) in [5.41, 5.74) is 0.473. The van der Waals surface area contributed by atoms with Crippen LogP contribution in [-0.2, 0) is 19.6 Å². The van der Waals surface area contributed by atoms with E-state index in [0.29, 0.717) is 18.5 Å². The number of benzene rings is 2. The summed E-state index contributed by atoms with van der Waals surface area (Å²) in [4.78, 5) is 24.4. The highest BCUT2D eigenvalue weighted by atomic mass is 32.2. The molecular weight excluding hydrogens is 413 g/mol. The largest absolute Gasteiger partial charge is 0.508 e. The third-order valence-corrected chi connectivity index (χ3v) is 6.66. The first kappa shape index (κ1) is 21.7. The van der Waals surface area contributed by atoms with Crippen LogP contribution in [0.25, 0.3) is 0 Å². The van der Waals surface area contributed by atoms with Crippen LogP contribution in [0, 0.1) is 11.7 Å². The number of aromatic hydroxyl groups is 1. The maximum absolute atomic E-state index is 13.1. The zero-order valence-electron chi connectivity index (χ0n) is 16.0. The lowest BCUT2D eigenvalue weighted by molar-refractivity contribution is -0.128. The fourth-order valence-electron chi connectivity index (χ4n) is 3.19. The number of nitrogens with one attached hydrogen (secondary N) is 2. The van der Waals surface area contributed by atoms with Crippen molar-refractivity contribution in [2.75, 3.05) is 25.0 Å². The van der Waals surface area contributed by atoms with Gasteiger partial charge in [0.15, 0.2) is 0 Å². The highest BCUT2D eigenvalue weighted by molar-refractivity contribution is 7.89. The molecule has 1 saturated heterocycles. The molecule has 2 aromatic carbocycles. The van der Waals surface area contributed by atoms with Crippen LogP contribution in [0.4, 0.5) is 10.1 Å². The summed E-state index contributed by atoms with van der Waals surface area (Å²) >= 11 is 0. The van der Waals surface area contributed by atoms with Gasteiger partial charge in [0.1, 0.15) is 11.6 Å². The number of rotatable bonds is 6. The fourth-order valence-corrected chi connectivity index (χ4v) is 4.72. The van der Waals surface area contributed by atoms with Crippen LogP contribution in [-0.4, -0.2) is 49.3 Å². The van der Waals surface area contributed by atoms with E-state index in [-0.39, 0.29) is 30.3 Å². The predicted octanol–water partition coefficient (Wildman–Crippen LogP) is 1.69. The second kappa shape index (κ2) is 9.23. The van der Waals surface area contributed by atoms with Crippen molar-refractivity contribution in [2.24, 2.45) is 5.92 Å². The number of hydrogen-bond donors (Lipinski definition) is 3. The second-order valence-electron chi connectivity index (χ2n) is 6.97. The second-order valence-corrected chi connectivity index (χ2v) is 8.91. The van der Waals surface area contributed by atoms with Crippen LogP contribution < -0.4 is 10.6 Å². The molecule has 1 fully saturated rings. The molecule has 1 aliphatic heterocycles. The molecule has 30 heavy (non-hydrogen) atoms. The maximum atomic E-state index is 13.1. The number of sulfonamides is 1. The molecule has 0 aromatic heterocycles. The van der Waals surface area contributed by atoms with Crippen LogP contribution in [0.3, 0.4) is 0 Å². The Morgan fingerprint density at radius 2 is 1.77 bits per heavy atom. The van der Waals surface area contributed by atoms with Gasteiger partial charge in [0.2, 0.25) is 21.8 Å². The molecule has 3 rings (SSSR count). The molecule has 160 valence electrons. The van der Waals surface area contributed by atoms with E-state index in [1.54, 1.807) is 0 Å². The van der Waals surface area contributed by atoms with Gasteiger partial charge in [-0.3, -0.25) is 9.59 Å². The number of hydrogen-bond acceptors (Lipinski definition) is 5. The van der Waals surface area contributed by atoms with Crippen molar-refractivity contribution in [1.82, 2.24) is 9.62 Å². The van der Waals surface area contributed by atoms with Crippen molar-refractivity contribution in [3.05, 3.63) is 54.3 Å². The van der Waals surface area contributed by atoms with E-state index < -0.39 is 33.6 Å². The third-order valence-electron chi connectivity index (χ3n) is 4.78. The Morgan fingerprint density at radius 3 is 2.43 bits per heavy atom. The number of nitrogens with zero attached hydrogens (tertiary/aromatic N) is 1. The Morgan fingerprint density at radius 1 is 1.10 bits per heavy atom. The number of piperidine rings is 1. The smallest absolute Gasteiger partial charge is 0.243 e. The molecule has 0 unspecified atom stereocenters. The molecule has 8 nitrogen and oxygen atoms in total. The van der Waals surface area contributed by atoms with Crippen molar-refractivity contribution >= 4 is 27.5 Å². The number of anilines is 1. The highest BCUT2D eigenvalue weighted by Gasteiger charge is 2.33. The van der Waals surface area contributed by atoms with Crippen molar-refractivity contribution in [3.63, 3.8) is 0 Å². The topological polar surface area (TPSA) is 116 Å². The van der Waals surface area contributed by atoms with Crippen molar-refractivity contribution < 1.29 is 27.5 Å². The minimum Gasteiger partial charge on any atom is -0.508 e. The van der Waals surface area contributed by atoms with E-state index >= 15 is 0 Å². The maximum Gasteiger partial charge on any atom is 0.243 e. The highest BCUT2D eigenvalue weighted by Crippen LogP contribution is 2.24. The summed E-state index contributed by atoms with van der Waals surface area (Å²) in [5.74, 6) is -1.90. The van der Waals surface area contributed by atoms with Crippen LogP contribution in [0.15, 0.2) is 53.4 Å². The van der Waals surface area contributed by atoms with E-state index in [4.69, 9.17) is 0 Å². The average molecular weight is 435 g/mol. The Labute approximate surface area is 173 Å². The van der Waals surface area contributed by atoms with Crippen molar-refractivity contribution in [3.8, 4) is 5.75 Å². The summed E-state index contributed by atoms with van der Waals surface area (Å²) in [5, 5.41) is 14.4. The molecule has 1 aliphatic rings.